The van der Waals surface area contributed by atoms with Gasteiger partial charge in [-0.05, 0) is 37.1 Å². The van der Waals surface area contributed by atoms with Crippen LogP contribution in [-0.4, -0.2) is 22.6 Å². The van der Waals surface area contributed by atoms with Gasteiger partial charge in [-0.3, -0.25) is 0 Å². The first-order chi connectivity index (χ1) is 9.02. The summed E-state index contributed by atoms with van der Waals surface area (Å²) in [5, 5.41) is 0. The third-order valence-electron chi connectivity index (χ3n) is 3.09. The number of hydrogen-bond acceptors (Lipinski definition) is 3. The van der Waals surface area contributed by atoms with Gasteiger partial charge in [0.05, 0.1) is 13.3 Å². The van der Waals surface area contributed by atoms with E-state index in [1.165, 1.54) is 25.4 Å². The number of nitrogens with zero attached hydrogens (tertiary/aromatic N) is 2. The summed E-state index contributed by atoms with van der Waals surface area (Å²) < 4.78 is 19.7. The molecule has 1 aromatic carbocycles. The predicted octanol–water partition coefficient (Wildman–Crippen LogP) is 2.47. The number of ether oxygens (including phenoxy) is 1. The van der Waals surface area contributed by atoms with Crippen LogP contribution in [0.4, 0.5) is 4.39 Å². The van der Waals surface area contributed by atoms with Gasteiger partial charge in [0.2, 0.25) is 0 Å². The Kier molecular flexibility index (Phi) is 3.64. The van der Waals surface area contributed by atoms with Crippen LogP contribution in [0.15, 0.2) is 24.4 Å². The fraction of sp³-hybridized carbons (Fsp3) is 0.286. The number of methoxy groups -OCH3 is 1. The van der Waals surface area contributed by atoms with Crippen molar-refractivity contribution in [2.75, 3.05) is 7.11 Å². The maximum atomic E-state index is 13.3. The molecule has 0 saturated carbocycles. The summed E-state index contributed by atoms with van der Waals surface area (Å²) in [6, 6.07) is 4.60. The molecule has 0 fully saturated rings. The molecule has 0 aliphatic heterocycles. The lowest BCUT2D eigenvalue weighted by molar-refractivity contribution is 0.0588. The van der Waals surface area contributed by atoms with Crippen molar-refractivity contribution in [2.45, 2.75) is 20.4 Å². The molecule has 0 amide bonds. The lowest BCUT2D eigenvalue weighted by Gasteiger charge is -2.11. The first-order valence-electron chi connectivity index (χ1n) is 5.88. The topological polar surface area (TPSA) is 44.1 Å². The summed E-state index contributed by atoms with van der Waals surface area (Å²) in [6.07, 6.45) is 1.47. The Morgan fingerprint density at radius 1 is 1.42 bits per heavy atom. The van der Waals surface area contributed by atoms with Gasteiger partial charge in [-0.25, -0.2) is 14.2 Å². The maximum Gasteiger partial charge on any atom is 0.356 e. The summed E-state index contributed by atoms with van der Waals surface area (Å²) >= 11 is 0. The quantitative estimate of drug-likeness (QED) is 0.798. The Hall–Kier alpha value is -2.17. The molecule has 0 aliphatic rings. The second-order valence-electron chi connectivity index (χ2n) is 4.34. The van der Waals surface area contributed by atoms with Crippen LogP contribution in [0.2, 0.25) is 0 Å². The molecule has 5 heteroatoms. The Labute approximate surface area is 110 Å². The molecule has 2 aromatic rings. The van der Waals surface area contributed by atoms with Crippen LogP contribution in [0.5, 0.6) is 0 Å². The van der Waals surface area contributed by atoms with E-state index in [1.54, 1.807) is 17.6 Å². The third kappa shape index (κ3) is 2.65. The number of halogens is 1. The van der Waals surface area contributed by atoms with Crippen molar-refractivity contribution in [3.8, 4) is 0 Å². The van der Waals surface area contributed by atoms with Gasteiger partial charge in [-0.1, -0.05) is 6.07 Å². The fourth-order valence-electron chi connectivity index (χ4n) is 1.92. The van der Waals surface area contributed by atoms with Crippen molar-refractivity contribution in [1.29, 1.82) is 0 Å². The van der Waals surface area contributed by atoms with E-state index in [0.717, 1.165) is 11.1 Å². The highest BCUT2D eigenvalue weighted by molar-refractivity contribution is 5.87. The first kappa shape index (κ1) is 13.3. The normalized spacial score (nSPS) is 10.5. The van der Waals surface area contributed by atoms with E-state index in [9.17, 15) is 9.18 Å². The Morgan fingerprint density at radius 3 is 2.84 bits per heavy atom. The van der Waals surface area contributed by atoms with Crippen molar-refractivity contribution in [3.63, 3.8) is 0 Å². The summed E-state index contributed by atoms with van der Waals surface area (Å²) in [4.78, 5) is 15.7. The number of imidazole rings is 1. The minimum atomic E-state index is -0.449. The van der Waals surface area contributed by atoms with Crippen molar-refractivity contribution >= 4 is 5.97 Å². The van der Waals surface area contributed by atoms with Gasteiger partial charge in [0.25, 0.3) is 0 Å². The SMILES string of the molecule is COC(=O)c1cnc(C)n1Cc1cc(F)ccc1C. The molecule has 0 aliphatic carbocycles. The number of aryl methyl sites for hydroxylation is 2. The van der Waals surface area contributed by atoms with Gasteiger partial charge in [-0.15, -0.1) is 0 Å². The zero-order chi connectivity index (χ0) is 14.0. The van der Waals surface area contributed by atoms with E-state index in [4.69, 9.17) is 4.74 Å². The van der Waals surface area contributed by atoms with Gasteiger partial charge in [-0.2, -0.15) is 0 Å². The highest BCUT2D eigenvalue weighted by Gasteiger charge is 2.15. The van der Waals surface area contributed by atoms with Crippen molar-refractivity contribution in [1.82, 2.24) is 9.55 Å². The van der Waals surface area contributed by atoms with Crippen molar-refractivity contribution in [3.05, 3.63) is 52.9 Å². The Balaban J connectivity index is 2.40. The van der Waals surface area contributed by atoms with Gasteiger partial charge in [0.1, 0.15) is 17.3 Å². The average Bonchev–Trinajstić information content (AvgIpc) is 2.75. The molecular formula is C14H15FN2O2. The summed E-state index contributed by atoms with van der Waals surface area (Å²) in [7, 11) is 1.32. The molecule has 4 nitrogen and oxygen atoms in total. The minimum Gasteiger partial charge on any atom is -0.464 e. The molecule has 2 rings (SSSR count). The Morgan fingerprint density at radius 2 is 2.16 bits per heavy atom. The van der Waals surface area contributed by atoms with Crippen LogP contribution in [-0.2, 0) is 11.3 Å². The molecule has 0 N–H and O–H groups in total. The van der Waals surface area contributed by atoms with Crippen LogP contribution in [0, 0.1) is 19.7 Å². The van der Waals surface area contributed by atoms with Crippen LogP contribution >= 0.6 is 0 Å². The second-order valence-corrected chi connectivity index (χ2v) is 4.34. The lowest BCUT2D eigenvalue weighted by atomic mass is 10.1. The standard InChI is InChI=1S/C14H15FN2O2/c1-9-4-5-12(15)6-11(9)8-17-10(2)16-7-13(17)14(18)19-3/h4-7H,8H2,1-3H3. The van der Waals surface area contributed by atoms with Crippen LogP contribution in [0.1, 0.15) is 27.4 Å². The van der Waals surface area contributed by atoms with E-state index in [0.29, 0.717) is 18.1 Å². The zero-order valence-corrected chi connectivity index (χ0v) is 11.1. The molecule has 0 atom stereocenters. The number of carbonyl (C=O) groups is 1. The smallest absolute Gasteiger partial charge is 0.356 e. The number of rotatable bonds is 3. The number of carbonyl (C=O) groups excluding carboxylic acids is 1. The average molecular weight is 262 g/mol. The molecular weight excluding hydrogens is 247 g/mol. The van der Waals surface area contributed by atoms with Crippen LogP contribution in [0.25, 0.3) is 0 Å². The first-order valence-corrected chi connectivity index (χ1v) is 5.88. The maximum absolute atomic E-state index is 13.3. The van der Waals surface area contributed by atoms with Gasteiger partial charge in [0, 0.05) is 6.54 Å². The summed E-state index contributed by atoms with van der Waals surface area (Å²) in [6.45, 7) is 4.08. The molecule has 19 heavy (non-hydrogen) atoms. The molecule has 0 saturated heterocycles. The van der Waals surface area contributed by atoms with E-state index in [1.807, 2.05) is 6.92 Å². The third-order valence-corrected chi connectivity index (χ3v) is 3.09. The summed E-state index contributed by atoms with van der Waals surface area (Å²) in [5.41, 5.74) is 2.14. The summed E-state index contributed by atoms with van der Waals surface area (Å²) in [5.74, 6) is -0.0586. The van der Waals surface area contributed by atoms with E-state index < -0.39 is 5.97 Å². The monoisotopic (exact) mass is 262 g/mol. The van der Waals surface area contributed by atoms with Gasteiger partial charge < -0.3 is 9.30 Å². The number of aromatic nitrogens is 2. The predicted molar refractivity (Wildman–Crippen MR) is 68.5 cm³/mol. The van der Waals surface area contributed by atoms with Crippen LogP contribution < -0.4 is 0 Å². The molecule has 0 bridgehead atoms. The van der Waals surface area contributed by atoms with Crippen LogP contribution in [0.3, 0.4) is 0 Å². The second kappa shape index (κ2) is 5.22. The number of hydrogen-bond donors (Lipinski definition) is 0. The molecule has 100 valence electrons. The number of esters is 1. The molecule has 1 heterocycles. The minimum absolute atomic E-state index is 0.294. The molecule has 0 radical (unpaired) electrons. The molecule has 1 aromatic heterocycles. The van der Waals surface area contributed by atoms with Crippen molar-refractivity contribution in [2.24, 2.45) is 0 Å². The molecule has 0 unspecified atom stereocenters. The van der Waals surface area contributed by atoms with E-state index in [-0.39, 0.29) is 5.82 Å². The zero-order valence-electron chi connectivity index (χ0n) is 11.1. The molecule has 0 spiro atoms. The van der Waals surface area contributed by atoms with E-state index >= 15 is 0 Å². The Bertz CT molecular complexity index is 620. The van der Waals surface area contributed by atoms with Gasteiger partial charge >= 0.3 is 5.97 Å². The van der Waals surface area contributed by atoms with E-state index in [2.05, 4.69) is 4.98 Å². The highest BCUT2D eigenvalue weighted by atomic mass is 19.1. The number of benzene rings is 1. The lowest BCUT2D eigenvalue weighted by Crippen LogP contribution is -2.13. The van der Waals surface area contributed by atoms with Crippen molar-refractivity contribution < 1.29 is 13.9 Å². The highest BCUT2D eigenvalue weighted by Crippen LogP contribution is 2.15. The largest absolute Gasteiger partial charge is 0.464 e. The fourth-order valence-corrected chi connectivity index (χ4v) is 1.92. The van der Waals surface area contributed by atoms with Gasteiger partial charge in [0.15, 0.2) is 0 Å².